The molecule has 1 aliphatic heterocycles. The number of rotatable bonds is 2. The zero-order valence-electron chi connectivity index (χ0n) is 9.43. The number of allylic oxidation sites excluding steroid dienone is 2. The summed E-state index contributed by atoms with van der Waals surface area (Å²) in [5.41, 5.74) is 12.6. The Morgan fingerprint density at radius 3 is 2.62 bits per heavy atom. The lowest BCUT2D eigenvalue weighted by Crippen LogP contribution is -2.42. The maximum absolute atomic E-state index is 11.1. The van der Waals surface area contributed by atoms with Gasteiger partial charge in [0.2, 0.25) is 5.91 Å². The number of hydrogen-bond acceptors (Lipinski definition) is 3. The number of carbonyl (C=O) groups is 1. The Morgan fingerprint density at radius 1 is 1.38 bits per heavy atom. The van der Waals surface area contributed by atoms with Gasteiger partial charge in [0, 0.05) is 30.7 Å². The average Bonchev–Trinajstić information content (AvgIpc) is 2.30. The van der Waals surface area contributed by atoms with Crippen molar-refractivity contribution in [2.75, 3.05) is 13.1 Å². The molecule has 1 fully saturated rings. The predicted molar refractivity (Wildman–Crippen MR) is 63.3 cm³/mol. The largest absolute Gasteiger partial charge is 0.373 e. The second-order valence-corrected chi connectivity index (χ2v) is 4.53. The van der Waals surface area contributed by atoms with E-state index in [1.54, 1.807) is 0 Å². The number of carbonyl (C=O) groups excluding carboxylic acids is 1. The molecule has 2 aliphatic rings. The van der Waals surface area contributed by atoms with Crippen molar-refractivity contribution in [1.82, 2.24) is 4.90 Å². The third-order valence-electron chi connectivity index (χ3n) is 3.44. The van der Waals surface area contributed by atoms with Gasteiger partial charge in [-0.15, -0.1) is 0 Å². The minimum absolute atomic E-state index is 0.0483. The lowest BCUT2D eigenvalue weighted by molar-refractivity contribution is -0.123. The molecule has 4 N–H and O–H groups in total. The van der Waals surface area contributed by atoms with Gasteiger partial charge in [0.15, 0.2) is 0 Å². The zero-order valence-corrected chi connectivity index (χ0v) is 9.43. The van der Waals surface area contributed by atoms with Crippen molar-refractivity contribution in [2.24, 2.45) is 17.4 Å². The summed E-state index contributed by atoms with van der Waals surface area (Å²) in [6.45, 7) is 1.78. The quantitative estimate of drug-likeness (QED) is 0.707. The Hall–Kier alpha value is -1.29. The summed E-state index contributed by atoms with van der Waals surface area (Å²) >= 11 is 0. The van der Waals surface area contributed by atoms with Gasteiger partial charge in [0.25, 0.3) is 0 Å². The van der Waals surface area contributed by atoms with Crippen LogP contribution in [0.4, 0.5) is 0 Å². The summed E-state index contributed by atoms with van der Waals surface area (Å²) in [6, 6.07) is 0.107. The smallest absolute Gasteiger partial charge is 0.220 e. The van der Waals surface area contributed by atoms with E-state index in [0.29, 0.717) is 0 Å². The summed E-state index contributed by atoms with van der Waals surface area (Å²) in [6.07, 6.45) is 8.83. The summed E-state index contributed by atoms with van der Waals surface area (Å²) in [5.74, 6) is -0.117. The third kappa shape index (κ3) is 2.27. The first-order valence-electron chi connectivity index (χ1n) is 5.85. The first-order valence-corrected chi connectivity index (χ1v) is 5.85. The number of nitrogens with two attached hydrogens (primary N) is 2. The van der Waals surface area contributed by atoms with Gasteiger partial charge in [-0.3, -0.25) is 4.79 Å². The van der Waals surface area contributed by atoms with Crippen molar-refractivity contribution in [3.63, 3.8) is 0 Å². The molecule has 4 heteroatoms. The fraction of sp³-hybridized carbons (Fsp3) is 0.583. The van der Waals surface area contributed by atoms with Gasteiger partial charge >= 0.3 is 0 Å². The minimum Gasteiger partial charge on any atom is -0.373 e. The highest BCUT2D eigenvalue weighted by Gasteiger charge is 2.26. The van der Waals surface area contributed by atoms with Crippen LogP contribution in [-0.2, 0) is 4.79 Å². The molecular weight excluding hydrogens is 202 g/mol. The van der Waals surface area contributed by atoms with Gasteiger partial charge in [-0.05, 0) is 25.3 Å². The molecule has 0 aromatic rings. The second-order valence-electron chi connectivity index (χ2n) is 4.53. The van der Waals surface area contributed by atoms with Crippen LogP contribution in [0.3, 0.4) is 0 Å². The standard InChI is InChI=1S/C12H19N3O/c13-10-3-1-2-4-11(10)15-7-5-9(6-8-15)12(14)16/h1-2,4,9-10H,3,5-8,13H2,(H2,14,16). The number of primary amides is 1. The third-order valence-corrected chi connectivity index (χ3v) is 3.44. The first kappa shape index (κ1) is 11.2. The van der Waals surface area contributed by atoms with Crippen LogP contribution in [0, 0.1) is 5.92 Å². The number of amides is 1. The van der Waals surface area contributed by atoms with E-state index in [1.165, 1.54) is 5.70 Å². The van der Waals surface area contributed by atoms with Gasteiger partial charge in [-0.2, -0.15) is 0 Å². The molecule has 1 amide bonds. The Kier molecular flexibility index (Phi) is 3.29. The molecule has 1 heterocycles. The second kappa shape index (κ2) is 4.70. The molecule has 0 saturated carbocycles. The number of nitrogens with zero attached hydrogens (tertiary/aromatic N) is 1. The molecule has 1 atom stereocenters. The fourth-order valence-electron chi connectivity index (χ4n) is 2.40. The van der Waals surface area contributed by atoms with Crippen LogP contribution in [0.2, 0.25) is 0 Å². The van der Waals surface area contributed by atoms with Crippen LogP contribution >= 0.6 is 0 Å². The first-order chi connectivity index (χ1) is 7.68. The Bertz CT molecular complexity index is 327. The Labute approximate surface area is 96.0 Å². The van der Waals surface area contributed by atoms with E-state index < -0.39 is 0 Å². The molecule has 0 spiro atoms. The molecule has 4 nitrogen and oxygen atoms in total. The lowest BCUT2D eigenvalue weighted by Gasteiger charge is -2.36. The SMILES string of the molecule is NC(=O)C1CCN(C2=CC=CCC2N)CC1. The molecule has 0 aromatic heterocycles. The average molecular weight is 221 g/mol. The van der Waals surface area contributed by atoms with Crippen molar-refractivity contribution in [3.05, 3.63) is 23.9 Å². The van der Waals surface area contributed by atoms with Crippen LogP contribution in [0.25, 0.3) is 0 Å². The molecule has 1 saturated heterocycles. The van der Waals surface area contributed by atoms with Crippen LogP contribution in [0.1, 0.15) is 19.3 Å². The maximum Gasteiger partial charge on any atom is 0.220 e. The summed E-state index contributed by atoms with van der Waals surface area (Å²) in [7, 11) is 0. The monoisotopic (exact) mass is 221 g/mol. The maximum atomic E-state index is 11.1. The van der Waals surface area contributed by atoms with E-state index in [2.05, 4.69) is 23.1 Å². The Balaban J connectivity index is 1.96. The molecule has 0 aromatic carbocycles. The molecule has 16 heavy (non-hydrogen) atoms. The van der Waals surface area contributed by atoms with Crippen LogP contribution in [-0.4, -0.2) is 29.9 Å². The zero-order chi connectivity index (χ0) is 11.5. The van der Waals surface area contributed by atoms with E-state index in [-0.39, 0.29) is 17.9 Å². The van der Waals surface area contributed by atoms with E-state index >= 15 is 0 Å². The number of hydrogen-bond donors (Lipinski definition) is 2. The summed E-state index contributed by atoms with van der Waals surface area (Å²) in [5, 5.41) is 0. The highest BCUT2D eigenvalue weighted by atomic mass is 16.1. The normalized spacial score (nSPS) is 26.7. The van der Waals surface area contributed by atoms with E-state index in [9.17, 15) is 4.79 Å². The van der Waals surface area contributed by atoms with Crippen molar-refractivity contribution in [2.45, 2.75) is 25.3 Å². The van der Waals surface area contributed by atoms with Gasteiger partial charge in [0.05, 0.1) is 0 Å². The van der Waals surface area contributed by atoms with Crippen molar-refractivity contribution in [1.29, 1.82) is 0 Å². The van der Waals surface area contributed by atoms with Crippen LogP contribution in [0.15, 0.2) is 23.9 Å². The van der Waals surface area contributed by atoms with Crippen LogP contribution in [0.5, 0.6) is 0 Å². The number of likely N-dealkylation sites (tertiary alicyclic amines) is 1. The highest BCUT2D eigenvalue weighted by molar-refractivity contribution is 5.76. The van der Waals surface area contributed by atoms with Crippen molar-refractivity contribution >= 4 is 5.91 Å². The number of piperidine rings is 1. The van der Waals surface area contributed by atoms with Gasteiger partial charge in [-0.25, -0.2) is 0 Å². The van der Waals surface area contributed by atoms with Gasteiger partial charge in [-0.1, -0.05) is 12.2 Å². The molecule has 88 valence electrons. The molecule has 1 aliphatic carbocycles. The topological polar surface area (TPSA) is 72.4 Å². The van der Waals surface area contributed by atoms with E-state index in [1.807, 2.05) is 0 Å². The van der Waals surface area contributed by atoms with E-state index in [0.717, 1.165) is 32.4 Å². The highest BCUT2D eigenvalue weighted by Crippen LogP contribution is 2.23. The Morgan fingerprint density at radius 2 is 2.06 bits per heavy atom. The molecular formula is C12H19N3O. The molecule has 0 radical (unpaired) electrons. The van der Waals surface area contributed by atoms with E-state index in [4.69, 9.17) is 11.5 Å². The fourth-order valence-corrected chi connectivity index (χ4v) is 2.40. The predicted octanol–water partition coefficient (Wildman–Crippen LogP) is 0.355. The van der Waals surface area contributed by atoms with Crippen molar-refractivity contribution < 1.29 is 4.79 Å². The lowest BCUT2D eigenvalue weighted by atomic mass is 9.94. The van der Waals surface area contributed by atoms with Gasteiger partial charge in [0.1, 0.15) is 0 Å². The molecule has 2 rings (SSSR count). The minimum atomic E-state index is -0.165. The molecule has 1 unspecified atom stereocenters. The summed E-state index contributed by atoms with van der Waals surface area (Å²) in [4.78, 5) is 13.3. The van der Waals surface area contributed by atoms with Gasteiger partial charge < -0.3 is 16.4 Å². The molecule has 0 bridgehead atoms. The van der Waals surface area contributed by atoms with Crippen molar-refractivity contribution in [3.8, 4) is 0 Å². The van der Waals surface area contributed by atoms with Crippen LogP contribution < -0.4 is 11.5 Å². The summed E-state index contributed by atoms with van der Waals surface area (Å²) < 4.78 is 0.